The van der Waals surface area contributed by atoms with Crippen LogP contribution in [-0.4, -0.2) is 24.1 Å². The van der Waals surface area contributed by atoms with Crippen molar-refractivity contribution in [1.82, 2.24) is 10.0 Å². The maximum absolute atomic E-state index is 12.9. The molecule has 31 heavy (non-hydrogen) atoms. The number of benzene rings is 3. The summed E-state index contributed by atoms with van der Waals surface area (Å²) >= 11 is 6.15. The lowest BCUT2D eigenvalue weighted by Gasteiger charge is -2.07. The lowest BCUT2D eigenvalue weighted by atomic mass is 10.0. The molecule has 0 aliphatic carbocycles. The molecule has 0 unspecified atom stereocenters. The molecule has 0 radical (unpaired) electrons. The first-order valence-corrected chi connectivity index (χ1v) is 11.4. The molecular formula is C23H19ClN2O4S. The van der Waals surface area contributed by atoms with Gasteiger partial charge in [0.25, 0.3) is 5.91 Å². The van der Waals surface area contributed by atoms with Crippen LogP contribution in [0, 0.1) is 0 Å². The number of hydroxylamine groups is 1. The van der Waals surface area contributed by atoms with Crippen LogP contribution in [0.5, 0.6) is 0 Å². The molecule has 0 spiro atoms. The first-order chi connectivity index (χ1) is 14.8. The summed E-state index contributed by atoms with van der Waals surface area (Å²) in [6.07, 6.45) is 2.00. The van der Waals surface area contributed by atoms with Crippen LogP contribution >= 0.6 is 11.6 Å². The van der Waals surface area contributed by atoms with E-state index in [1.807, 2.05) is 54.2 Å². The molecule has 0 bridgehead atoms. The molecule has 0 saturated heterocycles. The molecule has 0 atom stereocenters. The van der Waals surface area contributed by atoms with Gasteiger partial charge in [-0.25, -0.2) is 13.9 Å². The first-order valence-electron chi connectivity index (χ1n) is 9.39. The number of amides is 1. The molecule has 6 nitrogen and oxygen atoms in total. The van der Waals surface area contributed by atoms with E-state index >= 15 is 0 Å². The molecule has 2 N–H and O–H groups in total. The zero-order valence-electron chi connectivity index (χ0n) is 16.5. The van der Waals surface area contributed by atoms with Crippen LogP contribution in [0.4, 0.5) is 0 Å². The lowest BCUT2D eigenvalue weighted by Crippen LogP contribution is -2.18. The summed E-state index contributed by atoms with van der Waals surface area (Å²) in [5.74, 6) is -0.884. The fraction of sp³-hybridized carbons (Fsp3) is 0.0870. The van der Waals surface area contributed by atoms with Crippen molar-refractivity contribution in [2.75, 3.05) is 0 Å². The third-order valence-corrected chi connectivity index (χ3v) is 7.06. The Balaban J connectivity index is 1.70. The van der Waals surface area contributed by atoms with Crippen molar-refractivity contribution in [3.63, 3.8) is 0 Å². The molecule has 1 aromatic heterocycles. The molecule has 1 amide bonds. The van der Waals surface area contributed by atoms with Gasteiger partial charge in [-0.3, -0.25) is 10.0 Å². The largest absolute Gasteiger partial charge is 0.350 e. The molecule has 1 heterocycles. The van der Waals surface area contributed by atoms with Crippen LogP contribution in [0.1, 0.15) is 15.9 Å². The SMILES string of the molecule is Cn1cc(-c2cccc(Cl)c2)c2cc(CS(=O)(=O)c3ccc(C(=O)NO)cc3)ccc21. The van der Waals surface area contributed by atoms with E-state index in [0.717, 1.165) is 22.0 Å². The Labute approximate surface area is 184 Å². The van der Waals surface area contributed by atoms with Gasteiger partial charge in [-0.2, -0.15) is 0 Å². The second-order valence-electron chi connectivity index (χ2n) is 7.24. The molecule has 3 aromatic carbocycles. The van der Waals surface area contributed by atoms with Crippen LogP contribution in [-0.2, 0) is 22.6 Å². The highest BCUT2D eigenvalue weighted by atomic mass is 35.5. The molecular weight excluding hydrogens is 436 g/mol. The standard InChI is InChI=1S/C23H19ClN2O4S/c1-26-13-21(17-3-2-4-18(24)12-17)20-11-15(5-10-22(20)26)14-31(29,30)19-8-6-16(7-9-19)23(27)25-28/h2-13,28H,14H2,1H3,(H,25,27). The Morgan fingerprint density at radius 2 is 1.81 bits per heavy atom. The lowest BCUT2D eigenvalue weighted by molar-refractivity contribution is 0.0706. The Kier molecular flexibility index (Phi) is 5.58. The topological polar surface area (TPSA) is 88.4 Å². The van der Waals surface area contributed by atoms with Crippen molar-refractivity contribution in [3.05, 3.63) is 89.1 Å². The van der Waals surface area contributed by atoms with Gasteiger partial charge in [-0.05, 0) is 59.7 Å². The molecule has 4 aromatic rings. The van der Waals surface area contributed by atoms with E-state index < -0.39 is 15.7 Å². The summed E-state index contributed by atoms with van der Waals surface area (Å²) in [6, 6.07) is 18.6. The van der Waals surface area contributed by atoms with Crippen molar-refractivity contribution in [2.24, 2.45) is 7.05 Å². The Morgan fingerprint density at radius 1 is 1.06 bits per heavy atom. The number of sulfone groups is 1. The predicted molar refractivity (Wildman–Crippen MR) is 120 cm³/mol. The average molecular weight is 455 g/mol. The number of aromatic nitrogens is 1. The number of aryl methyl sites for hydroxylation is 1. The zero-order valence-corrected chi connectivity index (χ0v) is 18.1. The molecule has 158 valence electrons. The van der Waals surface area contributed by atoms with Crippen molar-refractivity contribution in [3.8, 4) is 11.1 Å². The summed E-state index contributed by atoms with van der Waals surface area (Å²) in [5, 5.41) is 10.3. The van der Waals surface area contributed by atoms with Gasteiger partial charge < -0.3 is 4.57 Å². The normalized spacial score (nSPS) is 11.6. The maximum atomic E-state index is 12.9. The zero-order chi connectivity index (χ0) is 22.2. The predicted octanol–water partition coefficient (Wildman–Crippen LogP) is 4.59. The van der Waals surface area contributed by atoms with Crippen LogP contribution in [0.15, 0.2) is 77.8 Å². The monoisotopic (exact) mass is 454 g/mol. The number of nitrogens with zero attached hydrogens (tertiary/aromatic N) is 1. The number of hydrogen-bond donors (Lipinski definition) is 2. The third-order valence-electron chi connectivity index (χ3n) is 5.12. The van der Waals surface area contributed by atoms with Gasteiger partial charge in [0, 0.05) is 40.3 Å². The van der Waals surface area contributed by atoms with Crippen molar-refractivity contribution in [2.45, 2.75) is 10.6 Å². The van der Waals surface area contributed by atoms with Crippen molar-refractivity contribution < 1.29 is 18.4 Å². The summed E-state index contributed by atoms with van der Waals surface area (Å²) in [5.41, 5.74) is 5.25. The van der Waals surface area contributed by atoms with Crippen LogP contribution in [0.2, 0.25) is 5.02 Å². The number of carbonyl (C=O) groups excluding carboxylic acids is 1. The number of hydrogen-bond acceptors (Lipinski definition) is 4. The quantitative estimate of drug-likeness (QED) is 0.341. The van der Waals surface area contributed by atoms with E-state index in [0.29, 0.717) is 10.6 Å². The van der Waals surface area contributed by atoms with E-state index in [1.54, 1.807) is 6.07 Å². The van der Waals surface area contributed by atoms with E-state index in [4.69, 9.17) is 16.8 Å². The van der Waals surface area contributed by atoms with Gasteiger partial charge in [0.05, 0.1) is 10.6 Å². The van der Waals surface area contributed by atoms with Crippen LogP contribution in [0.25, 0.3) is 22.0 Å². The second-order valence-corrected chi connectivity index (χ2v) is 9.67. The second kappa shape index (κ2) is 8.19. The minimum Gasteiger partial charge on any atom is -0.350 e. The molecule has 4 rings (SSSR count). The van der Waals surface area contributed by atoms with E-state index in [1.165, 1.54) is 29.7 Å². The maximum Gasteiger partial charge on any atom is 0.274 e. The summed E-state index contributed by atoms with van der Waals surface area (Å²) in [6.45, 7) is 0. The number of rotatable bonds is 5. The highest BCUT2D eigenvalue weighted by Crippen LogP contribution is 2.33. The van der Waals surface area contributed by atoms with Gasteiger partial charge >= 0.3 is 0 Å². The minimum absolute atomic E-state index is 0.102. The highest BCUT2D eigenvalue weighted by molar-refractivity contribution is 7.90. The van der Waals surface area contributed by atoms with Gasteiger partial charge in [0.1, 0.15) is 0 Å². The summed E-state index contributed by atoms with van der Waals surface area (Å²) in [4.78, 5) is 11.5. The summed E-state index contributed by atoms with van der Waals surface area (Å²) < 4.78 is 27.8. The van der Waals surface area contributed by atoms with Crippen LogP contribution in [0.3, 0.4) is 0 Å². The smallest absolute Gasteiger partial charge is 0.274 e. The van der Waals surface area contributed by atoms with Crippen LogP contribution < -0.4 is 5.48 Å². The fourth-order valence-electron chi connectivity index (χ4n) is 3.60. The number of nitrogens with one attached hydrogen (secondary N) is 1. The van der Waals surface area contributed by atoms with E-state index in [9.17, 15) is 13.2 Å². The summed E-state index contributed by atoms with van der Waals surface area (Å²) in [7, 11) is -1.69. The number of fused-ring (bicyclic) bond motifs is 1. The molecule has 0 aliphatic heterocycles. The number of carbonyl (C=O) groups is 1. The highest BCUT2D eigenvalue weighted by Gasteiger charge is 2.18. The molecule has 0 aliphatic rings. The van der Waals surface area contributed by atoms with Crippen molar-refractivity contribution >= 4 is 38.2 Å². The van der Waals surface area contributed by atoms with Gasteiger partial charge in [-0.15, -0.1) is 0 Å². The average Bonchev–Trinajstić information content (AvgIpc) is 3.09. The minimum atomic E-state index is -3.63. The third kappa shape index (κ3) is 4.20. The van der Waals surface area contributed by atoms with Gasteiger partial charge in [-0.1, -0.05) is 29.8 Å². The fourth-order valence-corrected chi connectivity index (χ4v) is 5.12. The molecule has 0 fully saturated rings. The Morgan fingerprint density at radius 3 is 2.48 bits per heavy atom. The molecule has 8 heteroatoms. The van der Waals surface area contributed by atoms with Gasteiger partial charge in [0.2, 0.25) is 0 Å². The number of halogens is 1. The van der Waals surface area contributed by atoms with E-state index in [-0.39, 0.29) is 16.2 Å². The van der Waals surface area contributed by atoms with E-state index in [2.05, 4.69) is 0 Å². The Bertz CT molecular complexity index is 1390. The first kappa shape index (κ1) is 21.1. The Hall–Kier alpha value is -3.13. The van der Waals surface area contributed by atoms with Crippen molar-refractivity contribution in [1.29, 1.82) is 0 Å². The molecule has 0 saturated carbocycles. The van der Waals surface area contributed by atoms with Gasteiger partial charge in [0.15, 0.2) is 9.84 Å².